The Morgan fingerprint density at radius 2 is 2.00 bits per heavy atom. The largest absolute Gasteiger partial charge is 0.466 e. The van der Waals surface area contributed by atoms with Gasteiger partial charge in [0.05, 0.1) is 6.61 Å². The van der Waals surface area contributed by atoms with Gasteiger partial charge in [0.1, 0.15) is 0 Å². The predicted molar refractivity (Wildman–Crippen MR) is 96.1 cm³/mol. The van der Waals surface area contributed by atoms with Gasteiger partial charge in [-0.2, -0.15) is 0 Å². The molecule has 1 aliphatic carbocycles. The van der Waals surface area contributed by atoms with E-state index in [4.69, 9.17) is 16.3 Å². The maximum Gasteiger partial charge on any atom is 0.305 e. The molecule has 0 bridgehead atoms. The monoisotopic (exact) mass is 336 g/mol. The van der Waals surface area contributed by atoms with Crippen molar-refractivity contribution in [1.82, 2.24) is 0 Å². The minimum absolute atomic E-state index is 0.0802. The van der Waals surface area contributed by atoms with Crippen LogP contribution in [0.25, 0.3) is 0 Å². The Bertz CT molecular complexity index is 492. The number of aryl methyl sites for hydroxylation is 1. The van der Waals surface area contributed by atoms with Crippen LogP contribution in [0.2, 0.25) is 5.02 Å². The first-order chi connectivity index (χ1) is 11.2. The van der Waals surface area contributed by atoms with Gasteiger partial charge in [0.2, 0.25) is 0 Å². The molecule has 0 spiro atoms. The minimum atomic E-state index is -0.0802. The average molecular weight is 337 g/mol. The zero-order chi connectivity index (χ0) is 16.5. The van der Waals surface area contributed by atoms with Gasteiger partial charge >= 0.3 is 5.97 Å². The lowest BCUT2D eigenvalue weighted by Crippen LogP contribution is -2.06. The van der Waals surface area contributed by atoms with Crippen molar-refractivity contribution in [1.29, 1.82) is 0 Å². The lowest BCUT2D eigenvalue weighted by atomic mass is 9.83. The van der Waals surface area contributed by atoms with E-state index in [0.29, 0.717) is 18.9 Å². The molecule has 0 heterocycles. The molecule has 1 aromatic carbocycles. The van der Waals surface area contributed by atoms with E-state index in [9.17, 15) is 4.79 Å². The van der Waals surface area contributed by atoms with Gasteiger partial charge in [-0.3, -0.25) is 4.79 Å². The molecule has 23 heavy (non-hydrogen) atoms. The van der Waals surface area contributed by atoms with Crippen LogP contribution >= 0.6 is 11.6 Å². The fourth-order valence-corrected chi connectivity index (χ4v) is 3.67. The fraction of sp³-hybridized carbons (Fsp3) is 0.650. The molecular formula is C20H29ClO2. The van der Waals surface area contributed by atoms with Crippen LogP contribution in [0.15, 0.2) is 18.2 Å². The lowest BCUT2D eigenvalue weighted by Gasteiger charge is -2.23. The van der Waals surface area contributed by atoms with E-state index in [1.165, 1.54) is 43.2 Å². The van der Waals surface area contributed by atoms with Gasteiger partial charge in [-0.1, -0.05) is 56.3 Å². The molecule has 0 saturated heterocycles. The first-order valence-corrected chi connectivity index (χ1v) is 9.52. The van der Waals surface area contributed by atoms with Crippen LogP contribution in [0.3, 0.4) is 0 Å². The molecular weight excluding hydrogens is 308 g/mol. The highest BCUT2D eigenvalue weighted by atomic mass is 35.5. The summed E-state index contributed by atoms with van der Waals surface area (Å²) >= 11 is 6.50. The average Bonchev–Trinajstić information content (AvgIpc) is 2.56. The number of halogens is 1. The minimum Gasteiger partial charge on any atom is -0.466 e. The molecule has 0 N–H and O–H groups in total. The summed E-state index contributed by atoms with van der Waals surface area (Å²) in [6.45, 7) is 2.64. The van der Waals surface area contributed by atoms with Gasteiger partial charge in [0, 0.05) is 11.4 Å². The van der Waals surface area contributed by atoms with Crippen molar-refractivity contribution >= 4 is 17.6 Å². The number of unbranched alkanes of at least 4 members (excludes halogenated alkanes) is 1. The molecule has 2 nitrogen and oxygen atoms in total. The molecule has 1 aliphatic rings. The van der Waals surface area contributed by atoms with Crippen molar-refractivity contribution in [2.45, 2.75) is 77.0 Å². The number of ether oxygens (including phenoxy) is 1. The number of hydrogen-bond acceptors (Lipinski definition) is 2. The summed E-state index contributed by atoms with van der Waals surface area (Å²) in [5.74, 6) is 0.558. The second kappa shape index (κ2) is 9.97. The molecule has 128 valence electrons. The Morgan fingerprint density at radius 1 is 1.22 bits per heavy atom. The van der Waals surface area contributed by atoms with E-state index in [2.05, 4.69) is 25.1 Å². The molecule has 3 heteroatoms. The first kappa shape index (κ1) is 18.3. The number of rotatable bonds is 8. The first-order valence-electron chi connectivity index (χ1n) is 9.14. The fourth-order valence-electron chi connectivity index (χ4n) is 3.31. The summed E-state index contributed by atoms with van der Waals surface area (Å²) in [5, 5.41) is 0.903. The number of benzene rings is 1. The number of hydrogen-bond donors (Lipinski definition) is 0. The normalized spacial score (nSPS) is 15.6. The van der Waals surface area contributed by atoms with Crippen LogP contribution in [0.5, 0.6) is 0 Å². The van der Waals surface area contributed by atoms with Crippen LogP contribution in [0, 0.1) is 0 Å². The Hall–Kier alpha value is -1.02. The van der Waals surface area contributed by atoms with Gasteiger partial charge in [-0.15, -0.1) is 0 Å². The topological polar surface area (TPSA) is 26.3 Å². The maximum atomic E-state index is 11.6. The molecule has 0 unspecified atom stereocenters. The van der Waals surface area contributed by atoms with E-state index < -0.39 is 0 Å². The third-order valence-electron chi connectivity index (χ3n) is 4.72. The highest BCUT2D eigenvalue weighted by Gasteiger charge is 2.18. The van der Waals surface area contributed by atoms with E-state index in [1.54, 1.807) is 0 Å². The Balaban J connectivity index is 1.77. The number of carbonyl (C=O) groups is 1. The SMILES string of the molecule is CCCCOC(=O)CCCc1ccc(C2CCCCC2)c(Cl)c1. The van der Waals surface area contributed by atoms with Crippen LogP contribution in [0.4, 0.5) is 0 Å². The van der Waals surface area contributed by atoms with Gasteiger partial charge in [-0.25, -0.2) is 0 Å². The highest BCUT2D eigenvalue weighted by molar-refractivity contribution is 6.31. The molecule has 1 fully saturated rings. The van der Waals surface area contributed by atoms with Gasteiger partial charge in [0.15, 0.2) is 0 Å². The highest BCUT2D eigenvalue weighted by Crippen LogP contribution is 2.36. The molecule has 0 aliphatic heterocycles. The predicted octanol–water partition coefficient (Wildman–Crippen LogP) is 6.05. The molecule has 1 saturated carbocycles. The zero-order valence-corrected chi connectivity index (χ0v) is 15.0. The quantitative estimate of drug-likeness (QED) is 0.426. The third-order valence-corrected chi connectivity index (χ3v) is 5.04. The van der Waals surface area contributed by atoms with Crippen molar-refractivity contribution in [3.05, 3.63) is 34.3 Å². The van der Waals surface area contributed by atoms with Crippen LogP contribution < -0.4 is 0 Å². The van der Waals surface area contributed by atoms with E-state index in [1.807, 2.05) is 0 Å². The van der Waals surface area contributed by atoms with E-state index >= 15 is 0 Å². The van der Waals surface area contributed by atoms with Crippen LogP contribution in [0.1, 0.15) is 81.8 Å². The summed E-state index contributed by atoms with van der Waals surface area (Å²) in [4.78, 5) is 11.6. The molecule has 0 radical (unpaired) electrons. The molecule has 2 rings (SSSR count). The third kappa shape index (κ3) is 6.18. The number of carbonyl (C=O) groups excluding carboxylic acids is 1. The van der Waals surface area contributed by atoms with Crippen molar-refractivity contribution in [2.24, 2.45) is 0 Å². The second-order valence-electron chi connectivity index (χ2n) is 6.62. The van der Waals surface area contributed by atoms with E-state index in [0.717, 1.165) is 30.7 Å². The van der Waals surface area contributed by atoms with Gasteiger partial charge < -0.3 is 4.74 Å². The molecule has 0 amide bonds. The standard InChI is InChI=1S/C20H29ClO2/c1-2-3-14-23-20(22)11-7-8-16-12-13-18(19(21)15-16)17-9-5-4-6-10-17/h12-13,15,17H,2-11,14H2,1H3. The Morgan fingerprint density at radius 3 is 2.70 bits per heavy atom. The molecule has 0 atom stereocenters. The lowest BCUT2D eigenvalue weighted by molar-refractivity contribution is -0.143. The zero-order valence-electron chi connectivity index (χ0n) is 14.3. The Kier molecular flexibility index (Phi) is 7.94. The van der Waals surface area contributed by atoms with Crippen molar-refractivity contribution in [3.8, 4) is 0 Å². The maximum absolute atomic E-state index is 11.6. The summed E-state index contributed by atoms with van der Waals surface area (Å²) in [5.41, 5.74) is 2.53. The Labute approximate surface area is 145 Å². The van der Waals surface area contributed by atoms with Crippen molar-refractivity contribution < 1.29 is 9.53 Å². The summed E-state index contributed by atoms with van der Waals surface area (Å²) in [6, 6.07) is 6.47. The van der Waals surface area contributed by atoms with E-state index in [-0.39, 0.29) is 5.97 Å². The smallest absolute Gasteiger partial charge is 0.305 e. The van der Waals surface area contributed by atoms with Crippen LogP contribution in [-0.2, 0) is 16.0 Å². The van der Waals surface area contributed by atoms with Crippen molar-refractivity contribution in [2.75, 3.05) is 6.61 Å². The summed E-state index contributed by atoms with van der Waals surface area (Å²) < 4.78 is 5.18. The summed E-state index contributed by atoms with van der Waals surface area (Å²) in [7, 11) is 0. The van der Waals surface area contributed by atoms with Crippen molar-refractivity contribution in [3.63, 3.8) is 0 Å². The van der Waals surface area contributed by atoms with Gasteiger partial charge in [-0.05, 0) is 55.2 Å². The number of esters is 1. The summed E-state index contributed by atoms with van der Waals surface area (Å²) in [6.07, 6.45) is 10.7. The van der Waals surface area contributed by atoms with Gasteiger partial charge in [0.25, 0.3) is 0 Å². The molecule has 1 aromatic rings. The second-order valence-corrected chi connectivity index (χ2v) is 7.03. The molecule has 0 aromatic heterocycles. The van der Waals surface area contributed by atoms with Crippen LogP contribution in [-0.4, -0.2) is 12.6 Å².